The molecule has 1 aliphatic heterocycles. The van der Waals surface area contributed by atoms with Crippen LogP contribution in [0.1, 0.15) is 10.4 Å². The SMILES string of the molecule is CNc1cc(C(=O)N2CCOC(C#N)C2)c([N+](=O)[O-])cn1. The molecule has 1 aromatic heterocycles. The summed E-state index contributed by atoms with van der Waals surface area (Å²) in [5.41, 5.74) is -0.420. The van der Waals surface area contributed by atoms with Crippen LogP contribution in [0.2, 0.25) is 0 Å². The second kappa shape index (κ2) is 6.15. The van der Waals surface area contributed by atoms with Crippen molar-refractivity contribution in [3.8, 4) is 6.07 Å². The molecule has 1 N–H and O–H groups in total. The van der Waals surface area contributed by atoms with E-state index in [0.29, 0.717) is 5.82 Å². The van der Waals surface area contributed by atoms with Crippen LogP contribution >= 0.6 is 0 Å². The van der Waals surface area contributed by atoms with Crippen LogP contribution in [0, 0.1) is 21.4 Å². The predicted octanol–water partition coefficient (Wildman–Crippen LogP) is 0.396. The third kappa shape index (κ3) is 3.06. The fourth-order valence-corrected chi connectivity index (χ4v) is 1.98. The Morgan fingerprint density at radius 1 is 1.71 bits per heavy atom. The number of anilines is 1. The first-order chi connectivity index (χ1) is 10.1. The molecular weight excluding hydrogens is 278 g/mol. The summed E-state index contributed by atoms with van der Waals surface area (Å²) >= 11 is 0. The molecule has 2 heterocycles. The maximum atomic E-state index is 12.5. The average molecular weight is 291 g/mol. The number of nitriles is 1. The molecule has 1 saturated heterocycles. The van der Waals surface area contributed by atoms with Crippen molar-refractivity contribution >= 4 is 17.4 Å². The van der Waals surface area contributed by atoms with E-state index in [1.807, 2.05) is 6.07 Å². The highest BCUT2D eigenvalue weighted by Crippen LogP contribution is 2.22. The topological polar surface area (TPSA) is 121 Å². The Balaban J connectivity index is 2.33. The highest BCUT2D eigenvalue weighted by molar-refractivity contribution is 5.98. The van der Waals surface area contributed by atoms with Gasteiger partial charge in [-0.15, -0.1) is 0 Å². The second-order valence-corrected chi connectivity index (χ2v) is 4.33. The van der Waals surface area contributed by atoms with Crippen molar-refractivity contribution in [3.05, 3.63) is 27.9 Å². The minimum absolute atomic E-state index is 0.0575. The van der Waals surface area contributed by atoms with Gasteiger partial charge in [0, 0.05) is 19.7 Å². The number of morpholine rings is 1. The number of carbonyl (C=O) groups excluding carboxylic acids is 1. The average Bonchev–Trinajstić information content (AvgIpc) is 2.53. The molecule has 110 valence electrons. The first kappa shape index (κ1) is 14.7. The molecule has 0 aliphatic carbocycles. The maximum absolute atomic E-state index is 12.5. The van der Waals surface area contributed by atoms with Gasteiger partial charge in [-0.1, -0.05) is 0 Å². The quantitative estimate of drug-likeness (QED) is 0.631. The molecular formula is C12H13N5O4. The molecule has 1 fully saturated rings. The Labute approximate surface area is 120 Å². The largest absolute Gasteiger partial charge is 0.373 e. The Morgan fingerprint density at radius 2 is 2.48 bits per heavy atom. The van der Waals surface area contributed by atoms with E-state index in [2.05, 4.69) is 10.3 Å². The molecule has 0 bridgehead atoms. The highest BCUT2D eigenvalue weighted by atomic mass is 16.6. The van der Waals surface area contributed by atoms with Crippen LogP contribution in [0.4, 0.5) is 11.5 Å². The van der Waals surface area contributed by atoms with E-state index in [0.717, 1.165) is 6.20 Å². The van der Waals surface area contributed by atoms with E-state index in [9.17, 15) is 14.9 Å². The van der Waals surface area contributed by atoms with Crippen LogP contribution < -0.4 is 5.32 Å². The van der Waals surface area contributed by atoms with E-state index in [4.69, 9.17) is 10.00 Å². The number of hydrogen-bond acceptors (Lipinski definition) is 7. The fourth-order valence-electron chi connectivity index (χ4n) is 1.98. The Morgan fingerprint density at radius 3 is 3.10 bits per heavy atom. The summed E-state index contributed by atoms with van der Waals surface area (Å²) in [4.78, 5) is 28.0. The first-order valence-electron chi connectivity index (χ1n) is 6.19. The molecule has 1 amide bonds. The predicted molar refractivity (Wildman–Crippen MR) is 71.7 cm³/mol. The standard InChI is InChI=1S/C12H13N5O4/c1-14-11-4-9(10(6-15-11)17(19)20)12(18)16-2-3-21-8(5-13)7-16/h4,6,8H,2-3,7H2,1H3,(H,14,15). The van der Waals surface area contributed by atoms with Gasteiger partial charge in [-0.25, -0.2) is 4.98 Å². The van der Waals surface area contributed by atoms with E-state index in [-0.39, 0.29) is 30.9 Å². The summed E-state index contributed by atoms with van der Waals surface area (Å²) in [5, 5.41) is 22.6. The van der Waals surface area contributed by atoms with E-state index < -0.39 is 16.9 Å². The third-order valence-corrected chi connectivity index (χ3v) is 3.06. The van der Waals surface area contributed by atoms with Gasteiger partial charge in [0.2, 0.25) is 0 Å². The molecule has 1 unspecified atom stereocenters. The van der Waals surface area contributed by atoms with Gasteiger partial charge in [0.15, 0.2) is 6.10 Å². The highest BCUT2D eigenvalue weighted by Gasteiger charge is 2.29. The van der Waals surface area contributed by atoms with Gasteiger partial charge in [0.05, 0.1) is 24.1 Å². The molecule has 0 spiro atoms. The minimum Gasteiger partial charge on any atom is -0.373 e. The van der Waals surface area contributed by atoms with Gasteiger partial charge < -0.3 is 15.0 Å². The van der Waals surface area contributed by atoms with Crippen LogP contribution in [0.15, 0.2) is 12.3 Å². The molecule has 0 radical (unpaired) electrons. The van der Waals surface area contributed by atoms with Crippen LogP contribution in [-0.4, -0.2) is 53.6 Å². The first-order valence-corrected chi connectivity index (χ1v) is 6.19. The minimum atomic E-state index is -0.715. The molecule has 1 atom stereocenters. The van der Waals surface area contributed by atoms with Gasteiger partial charge in [-0.05, 0) is 0 Å². The zero-order chi connectivity index (χ0) is 15.4. The molecule has 0 saturated carbocycles. The number of pyridine rings is 1. The Hall–Kier alpha value is -2.73. The number of amides is 1. The summed E-state index contributed by atoms with van der Waals surface area (Å²) in [5.74, 6) is -0.154. The Kier molecular flexibility index (Phi) is 4.30. The van der Waals surface area contributed by atoms with Crippen molar-refractivity contribution in [2.24, 2.45) is 0 Å². The van der Waals surface area contributed by atoms with Crippen molar-refractivity contribution in [2.75, 3.05) is 32.1 Å². The number of nitro groups is 1. The number of ether oxygens (including phenoxy) is 1. The summed E-state index contributed by atoms with van der Waals surface area (Å²) in [6, 6.07) is 3.26. The summed E-state index contributed by atoms with van der Waals surface area (Å²) < 4.78 is 5.15. The Bertz CT molecular complexity index is 612. The van der Waals surface area contributed by atoms with Crippen molar-refractivity contribution in [1.29, 1.82) is 5.26 Å². The van der Waals surface area contributed by atoms with Gasteiger partial charge in [-0.3, -0.25) is 14.9 Å². The van der Waals surface area contributed by atoms with Gasteiger partial charge >= 0.3 is 0 Å². The monoisotopic (exact) mass is 291 g/mol. The number of carbonyl (C=O) groups is 1. The number of nitrogens with one attached hydrogen (secondary N) is 1. The van der Waals surface area contributed by atoms with Gasteiger partial charge in [0.1, 0.15) is 17.6 Å². The van der Waals surface area contributed by atoms with Crippen molar-refractivity contribution in [1.82, 2.24) is 9.88 Å². The lowest BCUT2D eigenvalue weighted by Crippen LogP contribution is -2.45. The summed E-state index contributed by atoms with van der Waals surface area (Å²) in [6.45, 7) is 0.594. The summed E-state index contributed by atoms with van der Waals surface area (Å²) in [7, 11) is 1.60. The third-order valence-electron chi connectivity index (χ3n) is 3.06. The number of aromatic nitrogens is 1. The van der Waals surface area contributed by atoms with Crippen LogP contribution in [-0.2, 0) is 4.74 Å². The fraction of sp³-hybridized carbons (Fsp3) is 0.417. The lowest BCUT2D eigenvalue weighted by molar-refractivity contribution is -0.385. The maximum Gasteiger partial charge on any atom is 0.300 e. The van der Waals surface area contributed by atoms with E-state index >= 15 is 0 Å². The number of hydrogen-bond donors (Lipinski definition) is 1. The molecule has 9 heteroatoms. The van der Waals surface area contributed by atoms with Crippen molar-refractivity contribution < 1.29 is 14.5 Å². The second-order valence-electron chi connectivity index (χ2n) is 4.33. The number of nitrogens with zero attached hydrogens (tertiary/aromatic N) is 4. The molecule has 2 rings (SSSR count). The number of rotatable bonds is 3. The molecule has 21 heavy (non-hydrogen) atoms. The zero-order valence-electron chi connectivity index (χ0n) is 11.3. The van der Waals surface area contributed by atoms with Crippen LogP contribution in [0.5, 0.6) is 0 Å². The summed E-state index contributed by atoms with van der Waals surface area (Å²) in [6.07, 6.45) is 0.328. The lowest BCUT2D eigenvalue weighted by atomic mass is 10.1. The van der Waals surface area contributed by atoms with Crippen molar-refractivity contribution in [2.45, 2.75) is 6.10 Å². The lowest BCUT2D eigenvalue weighted by Gasteiger charge is -2.29. The normalized spacial score (nSPS) is 17.9. The smallest absolute Gasteiger partial charge is 0.300 e. The van der Waals surface area contributed by atoms with Gasteiger partial charge in [0.25, 0.3) is 11.6 Å². The van der Waals surface area contributed by atoms with Crippen LogP contribution in [0.25, 0.3) is 0 Å². The van der Waals surface area contributed by atoms with E-state index in [1.165, 1.54) is 11.0 Å². The van der Waals surface area contributed by atoms with E-state index in [1.54, 1.807) is 7.05 Å². The van der Waals surface area contributed by atoms with Crippen molar-refractivity contribution in [3.63, 3.8) is 0 Å². The van der Waals surface area contributed by atoms with Gasteiger partial charge in [-0.2, -0.15) is 5.26 Å². The molecule has 1 aliphatic rings. The molecule has 9 nitrogen and oxygen atoms in total. The molecule has 0 aromatic carbocycles. The molecule has 1 aromatic rings. The van der Waals surface area contributed by atoms with Crippen LogP contribution in [0.3, 0.4) is 0 Å². The zero-order valence-corrected chi connectivity index (χ0v) is 11.3.